The number of carbonyl (C=O) groups is 1. The molecule has 0 bridgehead atoms. The summed E-state index contributed by atoms with van der Waals surface area (Å²) in [5, 5.41) is 11.4. The van der Waals surface area contributed by atoms with Crippen LogP contribution in [0.5, 0.6) is 0 Å². The second-order valence-electron chi connectivity index (χ2n) is 3.84. The molecule has 0 radical (unpaired) electrons. The number of nitrogens with zero attached hydrogens (tertiary/aromatic N) is 3. The predicted molar refractivity (Wildman–Crippen MR) is 68.7 cm³/mol. The minimum absolute atomic E-state index is 0.0300. The molecule has 2 heterocycles. The van der Waals surface area contributed by atoms with Gasteiger partial charge in [0.2, 0.25) is 11.0 Å². The summed E-state index contributed by atoms with van der Waals surface area (Å²) < 4.78 is 1.34. The second-order valence-corrected chi connectivity index (χ2v) is 5.03. The third-order valence-electron chi connectivity index (χ3n) is 2.24. The number of pyridine rings is 1. The summed E-state index contributed by atoms with van der Waals surface area (Å²) in [7, 11) is 0. The molecule has 2 aromatic heterocycles. The Morgan fingerprint density at radius 3 is 2.83 bits per heavy atom. The normalized spacial score (nSPS) is 10.3. The first-order chi connectivity index (χ1) is 8.54. The van der Waals surface area contributed by atoms with Gasteiger partial charge < -0.3 is 4.57 Å². The van der Waals surface area contributed by atoms with Gasteiger partial charge in [-0.2, -0.15) is 0 Å². The molecular formula is C11H12N4O2S. The Hall–Kier alpha value is -2.02. The number of hydrogen-bond donors (Lipinski definition) is 1. The SMILES string of the molecule is Cc1ccn(CC(=O)Nc2nnc(C)s2)c(=O)c1. The standard InChI is InChI=1S/C11H12N4O2S/c1-7-3-4-15(10(17)5-7)6-9(16)12-11-14-13-8(2)18-11/h3-5H,6H2,1-2H3,(H,12,14,16). The predicted octanol–water partition coefficient (Wildman–Crippen LogP) is 0.955. The van der Waals surface area contributed by atoms with Crippen LogP contribution in [0.25, 0.3) is 0 Å². The topological polar surface area (TPSA) is 76.9 Å². The van der Waals surface area contributed by atoms with E-state index >= 15 is 0 Å². The maximum absolute atomic E-state index is 11.7. The van der Waals surface area contributed by atoms with E-state index in [0.717, 1.165) is 10.6 Å². The highest BCUT2D eigenvalue weighted by Crippen LogP contribution is 2.13. The highest BCUT2D eigenvalue weighted by Gasteiger charge is 2.07. The van der Waals surface area contributed by atoms with Crippen molar-refractivity contribution in [3.63, 3.8) is 0 Å². The number of rotatable bonds is 3. The van der Waals surface area contributed by atoms with Crippen molar-refractivity contribution in [2.45, 2.75) is 20.4 Å². The molecule has 7 heteroatoms. The quantitative estimate of drug-likeness (QED) is 0.895. The lowest BCUT2D eigenvalue weighted by atomic mass is 10.3. The first-order valence-electron chi connectivity index (χ1n) is 5.31. The van der Waals surface area contributed by atoms with Crippen molar-refractivity contribution in [3.8, 4) is 0 Å². The van der Waals surface area contributed by atoms with Gasteiger partial charge in [0.15, 0.2) is 0 Å². The fourth-order valence-corrected chi connectivity index (χ4v) is 2.01. The van der Waals surface area contributed by atoms with Gasteiger partial charge in [0.05, 0.1) is 0 Å². The fourth-order valence-electron chi connectivity index (χ4n) is 1.40. The zero-order chi connectivity index (χ0) is 13.1. The molecule has 0 spiro atoms. The smallest absolute Gasteiger partial charge is 0.251 e. The van der Waals surface area contributed by atoms with Crippen LogP contribution in [-0.2, 0) is 11.3 Å². The largest absolute Gasteiger partial charge is 0.306 e. The zero-order valence-electron chi connectivity index (χ0n) is 10.0. The molecule has 0 aliphatic rings. The fraction of sp³-hybridized carbons (Fsp3) is 0.273. The van der Waals surface area contributed by atoms with E-state index < -0.39 is 0 Å². The van der Waals surface area contributed by atoms with Crippen LogP contribution < -0.4 is 10.9 Å². The number of aromatic nitrogens is 3. The van der Waals surface area contributed by atoms with Crippen molar-refractivity contribution in [2.24, 2.45) is 0 Å². The van der Waals surface area contributed by atoms with Crippen LogP contribution >= 0.6 is 11.3 Å². The summed E-state index contributed by atoms with van der Waals surface area (Å²) >= 11 is 1.29. The average Bonchev–Trinajstić information content (AvgIpc) is 2.68. The molecule has 0 atom stereocenters. The number of hydrogen-bond acceptors (Lipinski definition) is 5. The van der Waals surface area contributed by atoms with Gasteiger partial charge in [-0.25, -0.2) is 0 Å². The van der Waals surface area contributed by atoms with Gasteiger partial charge in [-0.3, -0.25) is 14.9 Å². The Labute approximate surface area is 107 Å². The molecule has 0 aliphatic heterocycles. The van der Waals surface area contributed by atoms with E-state index in [-0.39, 0.29) is 18.0 Å². The van der Waals surface area contributed by atoms with E-state index in [0.29, 0.717) is 5.13 Å². The average molecular weight is 264 g/mol. The van der Waals surface area contributed by atoms with Crippen LogP contribution in [0.3, 0.4) is 0 Å². The maximum Gasteiger partial charge on any atom is 0.251 e. The van der Waals surface area contributed by atoms with Gasteiger partial charge in [0, 0.05) is 12.3 Å². The molecule has 0 saturated carbocycles. The summed E-state index contributed by atoms with van der Waals surface area (Å²) in [4.78, 5) is 23.3. The first-order valence-corrected chi connectivity index (χ1v) is 6.13. The van der Waals surface area contributed by atoms with Crippen molar-refractivity contribution in [1.82, 2.24) is 14.8 Å². The van der Waals surface area contributed by atoms with E-state index in [2.05, 4.69) is 15.5 Å². The van der Waals surface area contributed by atoms with Gasteiger partial charge in [-0.15, -0.1) is 10.2 Å². The first kappa shape index (κ1) is 12.4. The molecule has 2 rings (SSSR count). The van der Waals surface area contributed by atoms with Crippen molar-refractivity contribution < 1.29 is 4.79 Å². The van der Waals surface area contributed by atoms with E-state index in [9.17, 15) is 9.59 Å². The van der Waals surface area contributed by atoms with Crippen molar-refractivity contribution in [1.29, 1.82) is 0 Å². The molecule has 94 valence electrons. The van der Waals surface area contributed by atoms with Gasteiger partial charge in [-0.05, 0) is 25.5 Å². The van der Waals surface area contributed by atoms with Crippen LogP contribution in [0.2, 0.25) is 0 Å². The highest BCUT2D eigenvalue weighted by atomic mass is 32.1. The molecule has 0 unspecified atom stereocenters. The summed E-state index contributed by atoms with van der Waals surface area (Å²) in [5.41, 5.74) is 0.676. The van der Waals surface area contributed by atoms with Crippen LogP contribution in [0.4, 0.5) is 5.13 Å². The maximum atomic E-state index is 11.7. The number of carbonyl (C=O) groups excluding carboxylic acids is 1. The molecule has 0 fully saturated rings. The van der Waals surface area contributed by atoms with E-state index in [1.54, 1.807) is 19.2 Å². The van der Waals surface area contributed by atoms with Crippen molar-refractivity contribution in [2.75, 3.05) is 5.32 Å². The lowest BCUT2D eigenvalue weighted by Gasteiger charge is -2.04. The van der Waals surface area contributed by atoms with Crippen LogP contribution in [0, 0.1) is 13.8 Å². The monoisotopic (exact) mass is 264 g/mol. The number of anilines is 1. The molecule has 0 aromatic carbocycles. The van der Waals surface area contributed by atoms with Gasteiger partial charge in [-0.1, -0.05) is 11.3 Å². The van der Waals surface area contributed by atoms with E-state index in [4.69, 9.17) is 0 Å². The molecular weight excluding hydrogens is 252 g/mol. The lowest BCUT2D eigenvalue weighted by Crippen LogP contribution is -2.26. The molecule has 6 nitrogen and oxygen atoms in total. The minimum Gasteiger partial charge on any atom is -0.306 e. The molecule has 18 heavy (non-hydrogen) atoms. The molecule has 0 saturated heterocycles. The lowest BCUT2D eigenvalue weighted by molar-refractivity contribution is -0.116. The highest BCUT2D eigenvalue weighted by molar-refractivity contribution is 7.15. The Morgan fingerprint density at radius 2 is 2.22 bits per heavy atom. The zero-order valence-corrected chi connectivity index (χ0v) is 10.8. The minimum atomic E-state index is -0.294. The van der Waals surface area contributed by atoms with Crippen molar-refractivity contribution >= 4 is 22.4 Å². The number of amides is 1. The van der Waals surface area contributed by atoms with E-state index in [1.807, 2.05) is 6.92 Å². The van der Waals surface area contributed by atoms with Gasteiger partial charge in [0.1, 0.15) is 11.6 Å². The van der Waals surface area contributed by atoms with Gasteiger partial charge >= 0.3 is 0 Å². The van der Waals surface area contributed by atoms with Crippen LogP contribution in [0.15, 0.2) is 23.1 Å². The molecule has 1 amide bonds. The Bertz CT molecular complexity index is 632. The third-order valence-corrected chi connectivity index (χ3v) is 2.99. The van der Waals surface area contributed by atoms with Crippen molar-refractivity contribution in [3.05, 3.63) is 39.3 Å². The Kier molecular flexibility index (Phi) is 3.52. The van der Waals surface area contributed by atoms with Crippen LogP contribution in [-0.4, -0.2) is 20.7 Å². The van der Waals surface area contributed by atoms with Crippen LogP contribution in [0.1, 0.15) is 10.6 Å². The summed E-state index contributed by atoms with van der Waals surface area (Å²) in [6.45, 7) is 3.60. The van der Waals surface area contributed by atoms with E-state index in [1.165, 1.54) is 22.0 Å². The van der Waals surface area contributed by atoms with Gasteiger partial charge in [0.25, 0.3) is 5.56 Å². The second kappa shape index (κ2) is 5.09. The Balaban J connectivity index is 2.05. The summed E-state index contributed by atoms with van der Waals surface area (Å²) in [5.74, 6) is -0.294. The third kappa shape index (κ3) is 3.01. The Morgan fingerprint density at radius 1 is 1.44 bits per heavy atom. The summed E-state index contributed by atoms with van der Waals surface area (Å²) in [6, 6.07) is 3.27. The molecule has 2 aromatic rings. The number of aryl methyl sites for hydroxylation is 2. The molecule has 1 N–H and O–H groups in total. The molecule has 0 aliphatic carbocycles. The summed E-state index contributed by atoms with van der Waals surface area (Å²) in [6.07, 6.45) is 1.60. The number of nitrogens with one attached hydrogen (secondary N) is 1.